The van der Waals surface area contributed by atoms with Gasteiger partial charge in [0, 0.05) is 23.0 Å². The molecule has 3 aromatic heterocycles. The van der Waals surface area contributed by atoms with Gasteiger partial charge in [0.25, 0.3) is 6.33 Å². The van der Waals surface area contributed by atoms with E-state index in [4.69, 9.17) is 9.72 Å². The summed E-state index contributed by atoms with van der Waals surface area (Å²) in [5.41, 5.74) is 16.0. The molecule has 0 N–H and O–H groups in total. The van der Waals surface area contributed by atoms with E-state index < -0.39 is 0 Å². The summed E-state index contributed by atoms with van der Waals surface area (Å²) in [6.07, 6.45) is 5.82. The number of benzene rings is 7. The van der Waals surface area contributed by atoms with Crippen LogP contribution < -0.4 is 9.30 Å². The summed E-state index contributed by atoms with van der Waals surface area (Å²) in [5.74, 6) is 2.35. The first-order valence-corrected chi connectivity index (χ1v) is 24.4. The van der Waals surface area contributed by atoms with Crippen molar-refractivity contribution in [2.75, 3.05) is 0 Å². The minimum Gasteiger partial charge on any atom is -0.458 e. The Morgan fingerprint density at radius 1 is 0.449 bits per heavy atom. The summed E-state index contributed by atoms with van der Waals surface area (Å²) in [6.45, 7) is 27.4. The van der Waals surface area contributed by atoms with Crippen molar-refractivity contribution < 1.29 is 9.30 Å². The predicted molar refractivity (Wildman–Crippen MR) is 288 cm³/mol. The van der Waals surface area contributed by atoms with Gasteiger partial charge >= 0.3 is 0 Å². The zero-order valence-corrected chi connectivity index (χ0v) is 42.4. The Hall–Kier alpha value is -7.24. The van der Waals surface area contributed by atoms with Gasteiger partial charge in [0.2, 0.25) is 0 Å². The second kappa shape index (κ2) is 16.8. The number of hydrogen-bond donors (Lipinski definition) is 0. The van der Waals surface area contributed by atoms with Crippen molar-refractivity contribution in [3.05, 3.63) is 199 Å². The van der Waals surface area contributed by atoms with E-state index in [2.05, 4.69) is 261 Å². The van der Waals surface area contributed by atoms with Crippen LogP contribution in [0.1, 0.15) is 105 Å². The maximum atomic E-state index is 6.89. The zero-order valence-electron chi connectivity index (χ0n) is 42.4. The molecule has 346 valence electrons. The Balaban J connectivity index is 1.12. The van der Waals surface area contributed by atoms with Gasteiger partial charge in [-0.25, -0.2) is 4.98 Å². The molecule has 0 unspecified atom stereocenters. The Labute approximate surface area is 408 Å². The quantitative estimate of drug-likeness (QED) is 0.118. The number of aromatic nitrogens is 4. The van der Waals surface area contributed by atoms with Crippen LogP contribution in [0.3, 0.4) is 0 Å². The maximum absolute atomic E-state index is 6.89. The molecule has 0 radical (unpaired) electrons. The number of hydrogen-bond acceptors (Lipinski definition) is 2. The van der Waals surface area contributed by atoms with Gasteiger partial charge in [-0.1, -0.05) is 174 Å². The fourth-order valence-corrected chi connectivity index (χ4v) is 9.48. The lowest BCUT2D eigenvalue weighted by Crippen LogP contribution is -2.32. The second-order valence-corrected chi connectivity index (χ2v) is 22.9. The smallest absolute Gasteiger partial charge is 0.269 e. The third-order valence-electron chi connectivity index (χ3n) is 13.6. The molecule has 0 bridgehead atoms. The highest BCUT2D eigenvalue weighted by molar-refractivity contribution is 6.10. The van der Waals surface area contributed by atoms with Crippen LogP contribution in [-0.2, 0) is 21.7 Å². The number of para-hydroxylation sites is 1. The molecule has 10 rings (SSSR count). The van der Waals surface area contributed by atoms with Crippen LogP contribution in [-0.4, -0.2) is 14.1 Å². The molecule has 5 nitrogen and oxygen atoms in total. The summed E-state index contributed by atoms with van der Waals surface area (Å²) in [7, 11) is 0. The lowest BCUT2D eigenvalue weighted by molar-refractivity contribution is -0.572. The van der Waals surface area contributed by atoms with E-state index in [1.165, 1.54) is 44.3 Å². The Bertz CT molecular complexity index is 3530. The molecule has 0 aliphatic rings. The van der Waals surface area contributed by atoms with E-state index in [0.29, 0.717) is 0 Å². The van der Waals surface area contributed by atoms with Crippen molar-refractivity contribution in [3.63, 3.8) is 0 Å². The standard InChI is InChI=1S/C64H64N4O/c1-61(2,3)45-22-16-21-44(33-45)53-25-18-26-57-60(53)67(50-36-47(63(7,8)9)35-48(37-50)64(10,11)12)41-66(57)49-23-17-24-51(39-49)69-52-28-29-54-55-34-43(42-19-14-13-15-20-42)27-30-56(55)68(58(54)40-52)59-38-46(31-32-65-59)62(4,5)6/h13-40H,1-12H3. The fourth-order valence-electron chi connectivity index (χ4n) is 9.48. The third-order valence-corrected chi connectivity index (χ3v) is 13.6. The van der Waals surface area contributed by atoms with Gasteiger partial charge in [0.15, 0.2) is 0 Å². The van der Waals surface area contributed by atoms with Gasteiger partial charge in [-0.05, 0) is 133 Å². The van der Waals surface area contributed by atoms with E-state index in [1.807, 2.05) is 12.3 Å². The molecule has 0 aliphatic carbocycles. The Morgan fingerprint density at radius 3 is 1.81 bits per heavy atom. The molecule has 5 heteroatoms. The number of imidazole rings is 1. The van der Waals surface area contributed by atoms with Gasteiger partial charge in [-0.2, -0.15) is 0 Å². The number of nitrogens with zero attached hydrogens (tertiary/aromatic N) is 4. The molecular formula is C64H64N4O. The first kappa shape index (κ1) is 45.5. The van der Waals surface area contributed by atoms with E-state index in [0.717, 1.165) is 61.7 Å². The molecule has 10 aromatic rings. The minimum absolute atomic E-state index is 0.00223. The van der Waals surface area contributed by atoms with Crippen LogP contribution in [0.15, 0.2) is 170 Å². The van der Waals surface area contributed by atoms with Crippen LogP contribution in [0.2, 0.25) is 0 Å². The SMILES string of the molecule is CC(C)(C)c1cccc(-c2cccc3c2[n+](-c2cc(C(C)(C)C)cc(C(C)(C)C)c2)[c-]n3-c2cccc(Oc3ccc4c5cc(-c6ccccc6)ccc5n(-c5cc(C(C)(C)C)ccn5)c4c3)c2)c1. The number of rotatable bonds is 7. The Morgan fingerprint density at radius 2 is 1.10 bits per heavy atom. The number of fused-ring (bicyclic) bond motifs is 4. The summed E-state index contributed by atoms with van der Waals surface area (Å²) in [5, 5.41) is 2.30. The van der Waals surface area contributed by atoms with Crippen molar-refractivity contribution in [2.45, 2.75) is 105 Å². The minimum atomic E-state index is -0.0556. The van der Waals surface area contributed by atoms with Crippen LogP contribution in [0, 0.1) is 6.33 Å². The average Bonchev–Trinajstić information content (AvgIpc) is 3.87. The van der Waals surface area contributed by atoms with Crippen molar-refractivity contribution in [2.24, 2.45) is 0 Å². The second-order valence-electron chi connectivity index (χ2n) is 22.9. The maximum Gasteiger partial charge on any atom is 0.269 e. The first-order chi connectivity index (χ1) is 32.7. The van der Waals surface area contributed by atoms with E-state index in [-0.39, 0.29) is 21.7 Å². The molecule has 0 saturated carbocycles. The van der Waals surface area contributed by atoms with Gasteiger partial charge in [-0.3, -0.25) is 13.7 Å². The number of pyridine rings is 1. The topological polar surface area (TPSA) is 35.9 Å². The highest BCUT2D eigenvalue weighted by atomic mass is 16.5. The third kappa shape index (κ3) is 8.76. The fraction of sp³-hybridized carbons (Fsp3) is 0.250. The lowest BCUT2D eigenvalue weighted by atomic mass is 9.80. The number of ether oxygens (including phenoxy) is 1. The van der Waals surface area contributed by atoms with Crippen LogP contribution in [0.4, 0.5) is 0 Å². The van der Waals surface area contributed by atoms with Crippen molar-refractivity contribution in [3.8, 4) is 50.9 Å². The molecule has 0 spiro atoms. The van der Waals surface area contributed by atoms with Crippen LogP contribution in [0.25, 0.3) is 72.3 Å². The van der Waals surface area contributed by atoms with Crippen molar-refractivity contribution in [1.82, 2.24) is 14.1 Å². The zero-order chi connectivity index (χ0) is 48.6. The monoisotopic (exact) mass is 905 g/mol. The molecule has 69 heavy (non-hydrogen) atoms. The van der Waals surface area contributed by atoms with Gasteiger partial charge < -0.3 is 4.74 Å². The normalized spacial score (nSPS) is 12.6. The summed E-state index contributed by atoms with van der Waals surface area (Å²) >= 11 is 0. The highest BCUT2D eigenvalue weighted by Gasteiger charge is 2.25. The molecule has 0 atom stereocenters. The summed E-state index contributed by atoms with van der Waals surface area (Å²) < 4.78 is 13.6. The average molecular weight is 905 g/mol. The molecule has 0 saturated heterocycles. The molecule has 0 amide bonds. The predicted octanol–water partition coefficient (Wildman–Crippen LogP) is 16.5. The van der Waals surface area contributed by atoms with E-state index in [9.17, 15) is 0 Å². The van der Waals surface area contributed by atoms with Crippen LogP contribution >= 0.6 is 0 Å². The van der Waals surface area contributed by atoms with Gasteiger partial charge in [0.05, 0.1) is 33.4 Å². The van der Waals surface area contributed by atoms with Crippen molar-refractivity contribution >= 4 is 32.8 Å². The highest BCUT2D eigenvalue weighted by Crippen LogP contribution is 2.40. The van der Waals surface area contributed by atoms with Crippen molar-refractivity contribution in [1.29, 1.82) is 0 Å². The Kier molecular flexibility index (Phi) is 11.1. The molecule has 0 fully saturated rings. The molecule has 3 heterocycles. The summed E-state index contributed by atoms with van der Waals surface area (Å²) in [6, 6.07) is 59.3. The lowest BCUT2D eigenvalue weighted by Gasteiger charge is -2.26. The van der Waals surface area contributed by atoms with E-state index in [1.54, 1.807) is 0 Å². The first-order valence-electron chi connectivity index (χ1n) is 24.4. The largest absolute Gasteiger partial charge is 0.458 e. The van der Waals surface area contributed by atoms with Gasteiger partial charge in [0.1, 0.15) is 17.3 Å². The van der Waals surface area contributed by atoms with Gasteiger partial charge in [-0.15, -0.1) is 0 Å². The molecule has 0 aliphatic heterocycles. The molecule has 7 aromatic carbocycles. The molecular weight excluding hydrogens is 841 g/mol. The van der Waals surface area contributed by atoms with Crippen LogP contribution in [0.5, 0.6) is 11.5 Å². The van der Waals surface area contributed by atoms with E-state index >= 15 is 0 Å². The summed E-state index contributed by atoms with van der Waals surface area (Å²) in [4.78, 5) is 4.97.